The van der Waals surface area contributed by atoms with Crippen molar-refractivity contribution in [3.63, 3.8) is 0 Å². The Hall–Kier alpha value is -2.14. The maximum atomic E-state index is 11.2. The topological polar surface area (TPSA) is 65.7 Å². The molecular formula is C13H12O5. The van der Waals surface area contributed by atoms with Crippen molar-refractivity contribution in [2.75, 3.05) is 13.9 Å². The molecule has 1 aromatic heterocycles. The van der Waals surface area contributed by atoms with Crippen LogP contribution in [0.15, 0.2) is 33.5 Å². The highest BCUT2D eigenvalue weighted by molar-refractivity contribution is 5.84. The van der Waals surface area contributed by atoms with Crippen molar-refractivity contribution in [3.05, 3.63) is 40.2 Å². The van der Waals surface area contributed by atoms with Crippen molar-refractivity contribution < 1.29 is 18.7 Å². The monoisotopic (exact) mass is 248 g/mol. The zero-order chi connectivity index (χ0) is 13.0. The number of carbonyl (C=O) groups is 1. The fourth-order valence-corrected chi connectivity index (χ4v) is 1.71. The Balaban J connectivity index is 2.60. The highest BCUT2D eigenvalue weighted by atomic mass is 16.7. The average Bonchev–Trinajstić information content (AvgIpc) is 2.38. The third kappa shape index (κ3) is 2.41. The third-order valence-corrected chi connectivity index (χ3v) is 2.47. The lowest BCUT2D eigenvalue weighted by molar-refractivity contribution is -0.107. The number of fused-ring (bicyclic) bond motifs is 1. The van der Waals surface area contributed by atoms with Gasteiger partial charge in [0.25, 0.3) is 0 Å². The van der Waals surface area contributed by atoms with Gasteiger partial charge < -0.3 is 18.7 Å². The van der Waals surface area contributed by atoms with E-state index in [1.165, 1.54) is 13.2 Å². The fraction of sp³-hybridized carbons (Fsp3) is 0.231. The van der Waals surface area contributed by atoms with E-state index in [0.717, 1.165) is 11.7 Å². The molecule has 18 heavy (non-hydrogen) atoms. The minimum atomic E-state index is -0.460. The molecule has 2 rings (SSSR count). The molecule has 0 amide bonds. The number of benzene rings is 1. The minimum Gasteiger partial charge on any atom is -0.467 e. The number of carbonyl (C=O) groups excluding carboxylic acids is 1. The molecule has 0 saturated heterocycles. The molecule has 0 N–H and O–H groups in total. The predicted molar refractivity (Wildman–Crippen MR) is 64.8 cm³/mol. The van der Waals surface area contributed by atoms with Gasteiger partial charge in [0, 0.05) is 30.5 Å². The average molecular weight is 248 g/mol. The Bertz CT molecular complexity index is 614. The highest BCUT2D eigenvalue weighted by Gasteiger charge is 2.11. The summed E-state index contributed by atoms with van der Waals surface area (Å²) >= 11 is 0. The first-order valence-corrected chi connectivity index (χ1v) is 5.37. The number of hydrogen-bond donors (Lipinski definition) is 0. The van der Waals surface area contributed by atoms with Gasteiger partial charge in [0.05, 0.1) is 0 Å². The molecule has 0 aliphatic heterocycles. The molecule has 0 radical (unpaired) electrons. The first-order chi connectivity index (χ1) is 8.76. The largest absolute Gasteiger partial charge is 0.467 e. The van der Waals surface area contributed by atoms with Crippen LogP contribution in [0, 0.1) is 0 Å². The van der Waals surface area contributed by atoms with E-state index in [2.05, 4.69) is 0 Å². The van der Waals surface area contributed by atoms with Gasteiger partial charge in [-0.1, -0.05) is 0 Å². The summed E-state index contributed by atoms with van der Waals surface area (Å²) in [5, 5.41) is 0.746. The van der Waals surface area contributed by atoms with E-state index >= 15 is 0 Å². The first kappa shape index (κ1) is 12.3. The molecule has 0 aliphatic rings. The Labute approximate surface area is 103 Å². The van der Waals surface area contributed by atoms with Crippen molar-refractivity contribution >= 4 is 17.3 Å². The standard InChI is InChI=1S/C13H12O5/c1-16-8-17-11-4-2-9-3-5-12(15)18-13(9)10(11)6-7-14/h2-5,7H,6,8H2,1H3. The second-order valence-electron chi connectivity index (χ2n) is 3.64. The summed E-state index contributed by atoms with van der Waals surface area (Å²) in [5.41, 5.74) is 0.471. The molecule has 94 valence electrons. The second-order valence-corrected chi connectivity index (χ2v) is 3.64. The van der Waals surface area contributed by atoms with E-state index in [1.807, 2.05) is 0 Å². The molecule has 0 atom stereocenters. The van der Waals surface area contributed by atoms with Gasteiger partial charge in [0.1, 0.15) is 17.6 Å². The number of hydrogen-bond acceptors (Lipinski definition) is 5. The third-order valence-electron chi connectivity index (χ3n) is 2.47. The molecule has 0 saturated carbocycles. The molecule has 0 unspecified atom stereocenters. The van der Waals surface area contributed by atoms with Crippen molar-refractivity contribution in [1.82, 2.24) is 0 Å². The van der Waals surface area contributed by atoms with E-state index in [-0.39, 0.29) is 13.2 Å². The first-order valence-electron chi connectivity index (χ1n) is 5.37. The van der Waals surface area contributed by atoms with Crippen LogP contribution in [0.2, 0.25) is 0 Å². The SMILES string of the molecule is COCOc1ccc2ccc(=O)oc2c1CC=O. The van der Waals surface area contributed by atoms with Crippen LogP contribution in [0.5, 0.6) is 5.75 Å². The zero-order valence-electron chi connectivity index (χ0n) is 9.84. The van der Waals surface area contributed by atoms with Gasteiger partial charge in [-0.2, -0.15) is 0 Å². The molecule has 1 heterocycles. The molecule has 0 aliphatic carbocycles. The van der Waals surface area contributed by atoms with E-state index in [9.17, 15) is 9.59 Å². The van der Waals surface area contributed by atoms with Crippen LogP contribution in [-0.4, -0.2) is 20.2 Å². The van der Waals surface area contributed by atoms with Gasteiger partial charge in [-0.3, -0.25) is 0 Å². The smallest absolute Gasteiger partial charge is 0.336 e. The Morgan fingerprint density at radius 3 is 2.78 bits per heavy atom. The summed E-state index contributed by atoms with van der Waals surface area (Å²) in [5.74, 6) is 0.478. The van der Waals surface area contributed by atoms with Crippen LogP contribution in [0.4, 0.5) is 0 Å². The molecule has 5 nitrogen and oxygen atoms in total. The van der Waals surface area contributed by atoms with Crippen LogP contribution < -0.4 is 10.4 Å². The fourth-order valence-electron chi connectivity index (χ4n) is 1.71. The molecule has 5 heteroatoms. The Kier molecular flexibility index (Phi) is 3.74. The lowest BCUT2D eigenvalue weighted by Gasteiger charge is -2.10. The van der Waals surface area contributed by atoms with Crippen LogP contribution >= 0.6 is 0 Å². The van der Waals surface area contributed by atoms with E-state index in [1.54, 1.807) is 18.2 Å². The van der Waals surface area contributed by atoms with Crippen molar-refractivity contribution in [1.29, 1.82) is 0 Å². The van der Waals surface area contributed by atoms with Crippen LogP contribution in [-0.2, 0) is 16.0 Å². The number of rotatable bonds is 5. The summed E-state index contributed by atoms with van der Waals surface area (Å²) in [6.07, 6.45) is 0.852. The lowest BCUT2D eigenvalue weighted by atomic mass is 10.1. The second kappa shape index (κ2) is 5.46. The predicted octanol–water partition coefficient (Wildman–Crippen LogP) is 1.52. The van der Waals surface area contributed by atoms with Gasteiger partial charge in [-0.05, 0) is 18.2 Å². The van der Waals surface area contributed by atoms with Crippen LogP contribution in [0.1, 0.15) is 5.56 Å². The van der Waals surface area contributed by atoms with Gasteiger partial charge >= 0.3 is 5.63 Å². The summed E-state index contributed by atoms with van der Waals surface area (Å²) in [6, 6.07) is 6.47. The molecule has 0 spiro atoms. The normalized spacial score (nSPS) is 10.5. The van der Waals surface area contributed by atoms with E-state index in [0.29, 0.717) is 16.9 Å². The molecule has 0 fully saturated rings. The quantitative estimate of drug-likeness (QED) is 0.456. The summed E-state index contributed by atoms with van der Waals surface area (Å²) in [7, 11) is 1.50. The number of methoxy groups -OCH3 is 1. The lowest BCUT2D eigenvalue weighted by Crippen LogP contribution is -2.04. The highest BCUT2D eigenvalue weighted by Crippen LogP contribution is 2.27. The van der Waals surface area contributed by atoms with Gasteiger partial charge in [0.15, 0.2) is 6.79 Å². The van der Waals surface area contributed by atoms with Gasteiger partial charge in [0.2, 0.25) is 0 Å². The Morgan fingerprint density at radius 2 is 2.06 bits per heavy atom. The summed E-state index contributed by atoms with van der Waals surface area (Å²) < 4.78 is 15.3. The van der Waals surface area contributed by atoms with E-state index < -0.39 is 5.63 Å². The maximum Gasteiger partial charge on any atom is 0.336 e. The molecule has 1 aromatic carbocycles. The number of ether oxygens (including phenoxy) is 2. The maximum absolute atomic E-state index is 11.2. The van der Waals surface area contributed by atoms with E-state index in [4.69, 9.17) is 13.9 Å². The minimum absolute atomic E-state index is 0.0639. The summed E-state index contributed by atoms with van der Waals surface area (Å²) in [6.45, 7) is 0.0639. The molecule has 0 bridgehead atoms. The summed E-state index contributed by atoms with van der Waals surface area (Å²) in [4.78, 5) is 22.0. The Morgan fingerprint density at radius 1 is 1.28 bits per heavy atom. The van der Waals surface area contributed by atoms with Crippen molar-refractivity contribution in [2.24, 2.45) is 0 Å². The van der Waals surface area contributed by atoms with Crippen molar-refractivity contribution in [2.45, 2.75) is 6.42 Å². The number of aldehydes is 1. The van der Waals surface area contributed by atoms with Crippen LogP contribution in [0.25, 0.3) is 11.0 Å². The van der Waals surface area contributed by atoms with Crippen molar-refractivity contribution in [3.8, 4) is 5.75 Å². The molecular weight excluding hydrogens is 236 g/mol. The van der Waals surface area contributed by atoms with Gasteiger partial charge in [-0.25, -0.2) is 4.79 Å². The molecule has 2 aromatic rings. The van der Waals surface area contributed by atoms with Gasteiger partial charge in [-0.15, -0.1) is 0 Å². The zero-order valence-corrected chi connectivity index (χ0v) is 9.84. The van der Waals surface area contributed by atoms with Crippen LogP contribution in [0.3, 0.4) is 0 Å².